The van der Waals surface area contributed by atoms with E-state index in [4.69, 9.17) is 0 Å². The van der Waals surface area contributed by atoms with Crippen LogP contribution in [0, 0.1) is 0 Å². The highest BCUT2D eigenvalue weighted by Gasteiger charge is 2.32. The SMILES string of the molecule is O=C(N/N=C\c1ccccc1C(F)(F)F)c1cccs1. The van der Waals surface area contributed by atoms with Crippen LogP contribution in [0.25, 0.3) is 0 Å². The monoisotopic (exact) mass is 298 g/mol. The van der Waals surface area contributed by atoms with Gasteiger partial charge >= 0.3 is 6.18 Å². The maximum absolute atomic E-state index is 12.7. The number of hydrogen-bond donors (Lipinski definition) is 1. The second-order valence-electron chi connectivity index (χ2n) is 3.76. The summed E-state index contributed by atoms with van der Waals surface area (Å²) in [6.45, 7) is 0. The number of amides is 1. The zero-order valence-electron chi connectivity index (χ0n) is 10.0. The van der Waals surface area contributed by atoms with Gasteiger partial charge in [0.2, 0.25) is 0 Å². The Hall–Kier alpha value is -2.15. The van der Waals surface area contributed by atoms with E-state index in [2.05, 4.69) is 10.5 Å². The fourth-order valence-electron chi connectivity index (χ4n) is 1.49. The third kappa shape index (κ3) is 3.45. The van der Waals surface area contributed by atoms with Crippen molar-refractivity contribution in [3.8, 4) is 0 Å². The summed E-state index contributed by atoms with van der Waals surface area (Å²) in [5, 5.41) is 5.27. The second-order valence-corrected chi connectivity index (χ2v) is 4.71. The molecule has 0 radical (unpaired) electrons. The number of benzene rings is 1. The molecule has 0 unspecified atom stereocenters. The van der Waals surface area contributed by atoms with E-state index < -0.39 is 17.6 Å². The fraction of sp³-hybridized carbons (Fsp3) is 0.0769. The van der Waals surface area contributed by atoms with E-state index in [1.165, 1.54) is 29.5 Å². The van der Waals surface area contributed by atoms with Crippen LogP contribution in [0.5, 0.6) is 0 Å². The highest BCUT2D eigenvalue weighted by atomic mass is 32.1. The molecule has 0 aliphatic carbocycles. The van der Waals surface area contributed by atoms with E-state index in [0.717, 1.165) is 12.3 Å². The van der Waals surface area contributed by atoms with Gasteiger partial charge in [0.25, 0.3) is 5.91 Å². The molecule has 1 aromatic carbocycles. The molecule has 2 rings (SSSR count). The first-order valence-electron chi connectivity index (χ1n) is 5.51. The first kappa shape index (κ1) is 14.3. The van der Waals surface area contributed by atoms with Crippen LogP contribution in [0.3, 0.4) is 0 Å². The Labute approximate surface area is 116 Å². The van der Waals surface area contributed by atoms with Crippen LogP contribution in [0.15, 0.2) is 46.9 Å². The first-order chi connectivity index (χ1) is 9.48. The van der Waals surface area contributed by atoms with Gasteiger partial charge in [-0.2, -0.15) is 18.3 Å². The molecule has 3 nitrogen and oxygen atoms in total. The standard InChI is InChI=1S/C13H9F3N2OS/c14-13(15,16)10-5-2-1-4-9(10)8-17-18-12(19)11-6-3-7-20-11/h1-8H,(H,18,19)/b17-8-. The number of nitrogens with zero attached hydrogens (tertiary/aromatic N) is 1. The zero-order chi connectivity index (χ0) is 14.6. The lowest BCUT2D eigenvalue weighted by Crippen LogP contribution is -2.16. The average Bonchev–Trinajstić information content (AvgIpc) is 2.92. The van der Waals surface area contributed by atoms with Crippen molar-refractivity contribution in [1.29, 1.82) is 0 Å². The summed E-state index contributed by atoms with van der Waals surface area (Å²) < 4.78 is 38.1. The van der Waals surface area contributed by atoms with Crippen LogP contribution in [-0.4, -0.2) is 12.1 Å². The van der Waals surface area contributed by atoms with Crippen LogP contribution in [0.2, 0.25) is 0 Å². The molecule has 0 saturated carbocycles. The van der Waals surface area contributed by atoms with Crippen molar-refractivity contribution in [1.82, 2.24) is 5.43 Å². The number of hydrogen-bond acceptors (Lipinski definition) is 3. The molecule has 104 valence electrons. The maximum Gasteiger partial charge on any atom is 0.417 e. The molecule has 0 aliphatic rings. The predicted octanol–water partition coefficient (Wildman–Crippen LogP) is 3.53. The molecular weight excluding hydrogens is 289 g/mol. The fourth-order valence-corrected chi connectivity index (χ4v) is 2.10. The smallest absolute Gasteiger partial charge is 0.266 e. The molecular formula is C13H9F3N2OS. The summed E-state index contributed by atoms with van der Waals surface area (Å²) >= 11 is 1.22. The first-order valence-corrected chi connectivity index (χ1v) is 6.39. The van der Waals surface area contributed by atoms with Gasteiger partial charge in [-0.3, -0.25) is 4.79 Å². The summed E-state index contributed by atoms with van der Waals surface area (Å²) in [6.07, 6.45) is -3.48. The van der Waals surface area contributed by atoms with Crippen LogP contribution >= 0.6 is 11.3 Å². The normalized spacial score (nSPS) is 11.8. The number of rotatable bonds is 3. The Morgan fingerprint density at radius 2 is 1.95 bits per heavy atom. The van der Waals surface area contributed by atoms with Gasteiger partial charge in [0.15, 0.2) is 0 Å². The largest absolute Gasteiger partial charge is 0.417 e. The number of alkyl halides is 3. The minimum Gasteiger partial charge on any atom is -0.266 e. The van der Waals surface area contributed by atoms with Gasteiger partial charge in [-0.05, 0) is 17.5 Å². The highest BCUT2D eigenvalue weighted by Crippen LogP contribution is 2.30. The van der Waals surface area contributed by atoms with Gasteiger partial charge < -0.3 is 0 Å². The van der Waals surface area contributed by atoms with Crippen LogP contribution in [0.1, 0.15) is 20.8 Å². The summed E-state index contributed by atoms with van der Waals surface area (Å²) in [5.41, 5.74) is 1.28. The van der Waals surface area contributed by atoms with E-state index in [1.807, 2.05) is 0 Å². The minimum atomic E-state index is -4.46. The molecule has 1 amide bonds. The van der Waals surface area contributed by atoms with E-state index in [9.17, 15) is 18.0 Å². The molecule has 0 atom stereocenters. The minimum absolute atomic E-state index is 0.105. The van der Waals surface area contributed by atoms with E-state index in [-0.39, 0.29) is 5.56 Å². The Morgan fingerprint density at radius 3 is 2.60 bits per heavy atom. The van der Waals surface area contributed by atoms with Crippen molar-refractivity contribution in [2.75, 3.05) is 0 Å². The average molecular weight is 298 g/mol. The van der Waals surface area contributed by atoms with Gasteiger partial charge in [0.05, 0.1) is 16.7 Å². The molecule has 1 N–H and O–H groups in total. The molecule has 0 spiro atoms. The number of carbonyl (C=O) groups excluding carboxylic acids is 1. The van der Waals surface area contributed by atoms with Crippen LogP contribution in [0.4, 0.5) is 13.2 Å². The van der Waals surface area contributed by atoms with Crippen molar-refractivity contribution in [3.05, 3.63) is 57.8 Å². The lowest BCUT2D eigenvalue weighted by Gasteiger charge is -2.09. The Bertz CT molecular complexity index is 621. The Morgan fingerprint density at radius 1 is 1.20 bits per heavy atom. The van der Waals surface area contributed by atoms with Crippen LogP contribution in [-0.2, 0) is 6.18 Å². The van der Waals surface area contributed by atoms with Crippen molar-refractivity contribution >= 4 is 23.5 Å². The quantitative estimate of drug-likeness (QED) is 0.683. The van der Waals surface area contributed by atoms with Crippen molar-refractivity contribution in [2.45, 2.75) is 6.18 Å². The third-order valence-corrected chi connectivity index (χ3v) is 3.25. The number of nitrogens with one attached hydrogen (secondary N) is 1. The summed E-state index contributed by atoms with van der Waals surface area (Å²) in [7, 11) is 0. The number of hydrazone groups is 1. The van der Waals surface area contributed by atoms with Crippen molar-refractivity contribution in [2.24, 2.45) is 5.10 Å². The van der Waals surface area contributed by atoms with Crippen molar-refractivity contribution < 1.29 is 18.0 Å². The Balaban J connectivity index is 2.11. The lowest BCUT2D eigenvalue weighted by atomic mass is 10.1. The van der Waals surface area contributed by atoms with Crippen molar-refractivity contribution in [3.63, 3.8) is 0 Å². The van der Waals surface area contributed by atoms with Gasteiger partial charge in [-0.25, -0.2) is 5.43 Å². The lowest BCUT2D eigenvalue weighted by molar-refractivity contribution is -0.137. The van der Waals surface area contributed by atoms with Gasteiger partial charge in [0, 0.05) is 5.56 Å². The molecule has 0 aliphatic heterocycles. The summed E-state index contributed by atoms with van der Waals surface area (Å²) in [4.78, 5) is 12.0. The van der Waals surface area contributed by atoms with Gasteiger partial charge in [-0.1, -0.05) is 24.3 Å². The molecule has 0 fully saturated rings. The van der Waals surface area contributed by atoms with E-state index >= 15 is 0 Å². The number of carbonyl (C=O) groups is 1. The molecule has 1 aromatic heterocycles. The highest BCUT2D eigenvalue weighted by molar-refractivity contribution is 7.12. The topological polar surface area (TPSA) is 41.5 Å². The summed E-state index contributed by atoms with van der Waals surface area (Å²) in [6, 6.07) is 8.30. The van der Waals surface area contributed by atoms with Gasteiger partial charge in [0.1, 0.15) is 0 Å². The zero-order valence-corrected chi connectivity index (χ0v) is 10.8. The molecule has 0 bridgehead atoms. The third-order valence-electron chi connectivity index (χ3n) is 2.38. The predicted molar refractivity (Wildman–Crippen MR) is 70.8 cm³/mol. The molecule has 2 aromatic rings. The number of halogens is 3. The molecule has 20 heavy (non-hydrogen) atoms. The molecule has 7 heteroatoms. The second kappa shape index (κ2) is 5.87. The molecule has 1 heterocycles. The maximum atomic E-state index is 12.7. The number of thiophene rings is 1. The van der Waals surface area contributed by atoms with E-state index in [0.29, 0.717) is 4.88 Å². The summed E-state index contributed by atoms with van der Waals surface area (Å²) in [5.74, 6) is -0.458. The van der Waals surface area contributed by atoms with Crippen LogP contribution < -0.4 is 5.43 Å². The van der Waals surface area contributed by atoms with E-state index in [1.54, 1.807) is 17.5 Å². The van der Waals surface area contributed by atoms with Gasteiger partial charge in [-0.15, -0.1) is 11.3 Å². The Kier molecular flexibility index (Phi) is 4.19. The molecule has 0 saturated heterocycles.